The molecular formula is C12H22N2O2. The Morgan fingerprint density at radius 2 is 1.88 bits per heavy atom. The molecule has 92 valence electrons. The molecule has 0 aromatic heterocycles. The summed E-state index contributed by atoms with van der Waals surface area (Å²) < 4.78 is 0. The monoisotopic (exact) mass is 226 g/mol. The second-order valence-corrected chi connectivity index (χ2v) is 4.73. The van der Waals surface area contributed by atoms with E-state index >= 15 is 0 Å². The number of hydrogen-bond donors (Lipinski definition) is 1. The van der Waals surface area contributed by atoms with Crippen LogP contribution in [-0.4, -0.2) is 59.6 Å². The molecule has 0 amide bonds. The molecule has 0 saturated carbocycles. The Morgan fingerprint density at radius 1 is 1.31 bits per heavy atom. The zero-order chi connectivity index (χ0) is 12.1. The summed E-state index contributed by atoms with van der Waals surface area (Å²) in [6, 6.07) is 0.609. The van der Waals surface area contributed by atoms with Gasteiger partial charge >= 0.3 is 5.97 Å². The number of nitrogens with zero attached hydrogens (tertiary/aromatic N) is 2. The van der Waals surface area contributed by atoms with Crippen LogP contribution in [0.5, 0.6) is 0 Å². The van der Waals surface area contributed by atoms with Gasteiger partial charge in [0.05, 0.1) is 0 Å². The number of carboxylic acid groups (broad SMARTS) is 1. The maximum atomic E-state index is 10.5. The van der Waals surface area contributed by atoms with Crippen LogP contribution >= 0.6 is 0 Å². The van der Waals surface area contributed by atoms with E-state index in [9.17, 15) is 4.79 Å². The Hall–Kier alpha value is -0.870. The minimum Gasteiger partial charge on any atom is -0.478 e. The van der Waals surface area contributed by atoms with Gasteiger partial charge in [-0.25, -0.2) is 4.79 Å². The van der Waals surface area contributed by atoms with E-state index in [1.54, 1.807) is 0 Å². The molecule has 0 atom stereocenters. The first-order valence-electron chi connectivity index (χ1n) is 5.85. The first-order valence-corrected chi connectivity index (χ1v) is 5.85. The summed E-state index contributed by atoms with van der Waals surface area (Å²) in [5.41, 5.74) is 0.922. The van der Waals surface area contributed by atoms with Crippen molar-refractivity contribution in [2.24, 2.45) is 0 Å². The van der Waals surface area contributed by atoms with Crippen LogP contribution in [-0.2, 0) is 4.79 Å². The smallest absolute Gasteiger partial charge is 0.328 e. The van der Waals surface area contributed by atoms with E-state index in [2.05, 4.69) is 23.6 Å². The number of carboxylic acids is 1. The Labute approximate surface area is 97.5 Å². The van der Waals surface area contributed by atoms with E-state index in [1.807, 2.05) is 6.92 Å². The van der Waals surface area contributed by atoms with Crippen LogP contribution in [0.1, 0.15) is 20.8 Å². The highest BCUT2D eigenvalue weighted by Crippen LogP contribution is 2.07. The Kier molecular flexibility index (Phi) is 4.96. The fourth-order valence-corrected chi connectivity index (χ4v) is 2.05. The van der Waals surface area contributed by atoms with Gasteiger partial charge in [0, 0.05) is 44.8 Å². The van der Waals surface area contributed by atoms with Crippen LogP contribution in [0, 0.1) is 0 Å². The minimum absolute atomic E-state index is 0.609. The van der Waals surface area contributed by atoms with E-state index in [4.69, 9.17) is 5.11 Å². The standard InChI is InChI=1S/C12H22N2O2/c1-10(2)14-6-4-13(5-7-14)9-11(3)8-12(15)16/h8,10H,4-7,9H2,1-3H3,(H,15,16). The van der Waals surface area contributed by atoms with Crippen molar-refractivity contribution < 1.29 is 9.90 Å². The largest absolute Gasteiger partial charge is 0.478 e. The number of piperazine rings is 1. The van der Waals surface area contributed by atoms with E-state index in [0.717, 1.165) is 38.3 Å². The maximum absolute atomic E-state index is 10.5. The predicted molar refractivity (Wildman–Crippen MR) is 64.5 cm³/mol. The molecule has 0 unspecified atom stereocenters. The molecule has 0 bridgehead atoms. The summed E-state index contributed by atoms with van der Waals surface area (Å²) in [6.07, 6.45) is 1.30. The van der Waals surface area contributed by atoms with Gasteiger partial charge in [-0.3, -0.25) is 9.80 Å². The van der Waals surface area contributed by atoms with Gasteiger partial charge in [0.25, 0.3) is 0 Å². The molecule has 1 rings (SSSR count). The number of aliphatic carboxylic acids is 1. The summed E-state index contributed by atoms with van der Waals surface area (Å²) >= 11 is 0. The summed E-state index contributed by atoms with van der Waals surface area (Å²) in [5, 5.41) is 8.63. The van der Waals surface area contributed by atoms with Gasteiger partial charge in [0.1, 0.15) is 0 Å². The van der Waals surface area contributed by atoms with E-state index < -0.39 is 5.97 Å². The molecular weight excluding hydrogens is 204 g/mol. The summed E-state index contributed by atoms with van der Waals surface area (Å²) in [4.78, 5) is 15.3. The fraction of sp³-hybridized carbons (Fsp3) is 0.750. The SMILES string of the molecule is CC(=CC(=O)O)CN1CCN(C(C)C)CC1. The molecule has 4 heteroatoms. The average molecular weight is 226 g/mol. The quantitative estimate of drug-likeness (QED) is 0.728. The molecule has 4 nitrogen and oxygen atoms in total. The van der Waals surface area contributed by atoms with Crippen molar-refractivity contribution in [1.29, 1.82) is 0 Å². The van der Waals surface area contributed by atoms with Crippen molar-refractivity contribution in [3.8, 4) is 0 Å². The minimum atomic E-state index is -0.849. The van der Waals surface area contributed by atoms with Crippen molar-refractivity contribution in [2.75, 3.05) is 32.7 Å². The highest BCUT2D eigenvalue weighted by Gasteiger charge is 2.18. The molecule has 1 saturated heterocycles. The third-order valence-corrected chi connectivity index (χ3v) is 2.98. The molecule has 1 aliphatic heterocycles. The second kappa shape index (κ2) is 6.01. The van der Waals surface area contributed by atoms with E-state index in [-0.39, 0.29) is 0 Å². The highest BCUT2D eigenvalue weighted by molar-refractivity contribution is 5.80. The van der Waals surface area contributed by atoms with Crippen molar-refractivity contribution >= 4 is 5.97 Å². The molecule has 1 aliphatic rings. The second-order valence-electron chi connectivity index (χ2n) is 4.73. The normalized spacial score (nSPS) is 20.4. The van der Waals surface area contributed by atoms with Crippen LogP contribution in [0.25, 0.3) is 0 Å². The third kappa shape index (κ3) is 4.33. The Balaban J connectivity index is 2.35. The Morgan fingerprint density at radius 3 is 2.31 bits per heavy atom. The lowest BCUT2D eigenvalue weighted by Gasteiger charge is -2.37. The molecule has 0 aliphatic carbocycles. The molecule has 0 radical (unpaired) electrons. The van der Waals surface area contributed by atoms with Crippen LogP contribution < -0.4 is 0 Å². The van der Waals surface area contributed by atoms with Gasteiger partial charge in [-0.15, -0.1) is 0 Å². The lowest BCUT2D eigenvalue weighted by Crippen LogP contribution is -2.49. The molecule has 0 aromatic carbocycles. The highest BCUT2D eigenvalue weighted by atomic mass is 16.4. The van der Waals surface area contributed by atoms with Gasteiger partial charge in [0.2, 0.25) is 0 Å². The molecule has 0 aromatic rings. The molecule has 16 heavy (non-hydrogen) atoms. The first-order chi connectivity index (χ1) is 7.49. The third-order valence-electron chi connectivity index (χ3n) is 2.98. The fourth-order valence-electron chi connectivity index (χ4n) is 2.05. The van der Waals surface area contributed by atoms with Gasteiger partial charge in [0.15, 0.2) is 0 Å². The summed E-state index contributed by atoms with van der Waals surface area (Å²) in [7, 11) is 0. The maximum Gasteiger partial charge on any atom is 0.328 e. The molecule has 1 fully saturated rings. The molecule has 1 N–H and O–H groups in total. The Bertz CT molecular complexity index is 266. The van der Waals surface area contributed by atoms with Crippen LogP contribution in [0.3, 0.4) is 0 Å². The topological polar surface area (TPSA) is 43.8 Å². The zero-order valence-electron chi connectivity index (χ0n) is 10.4. The zero-order valence-corrected chi connectivity index (χ0v) is 10.4. The number of rotatable bonds is 4. The van der Waals surface area contributed by atoms with E-state index in [0.29, 0.717) is 6.04 Å². The van der Waals surface area contributed by atoms with Crippen LogP contribution in [0.2, 0.25) is 0 Å². The van der Waals surface area contributed by atoms with Crippen LogP contribution in [0.15, 0.2) is 11.6 Å². The van der Waals surface area contributed by atoms with Crippen LogP contribution in [0.4, 0.5) is 0 Å². The van der Waals surface area contributed by atoms with E-state index in [1.165, 1.54) is 6.08 Å². The number of hydrogen-bond acceptors (Lipinski definition) is 3. The molecule has 0 spiro atoms. The van der Waals surface area contributed by atoms with Crippen molar-refractivity contribution in [1.82, 2.24) is 9.80 Å². The van der Waals surface area contributed by atoms with Gasteiger partial charge in [-0.2, -0.15) is 0 Å². The summed E-state index contributed by atoms with van der Waals surface area (Å²) in [5.74, 6) is -0.849. The lowest BCUT2D eigenvalue weighted by molar-refractivity contribution is -0.131. The first kappa shape index (κ1) is 13.2. The van der Waals surface area contributed by atoms with Gasteiger partial charge in [-0.1, -0.05) is 5.57 Å². The molecule has 1 heterocycles. The van der Waals surface area contributed by atoms with Gasteiger partial charge < -0.3 is 5.11 Å². The lowest BCUT2D eigenvalue weighted by atomic mass is 10.2. The number of carbonyl (C=O) groups is 1. The van der Waals surface area contributed by atoms with Crippen molar-refractivity contribution in [3.05, 3.63) is 11.6 Å². The van der Waals surface area contributed by atoms with Gasteiger partial charge in [-0.05, 0) is 20.8 Å². The average Bonchev–Trinajstić information content (AvgIpc) is 2.16. The van der Waals surface area contributed by atoms with Crippen molar-refractivity contribution in [2.45, 2.75) is 26.8 Å². The summed E-state index contributed by atoms with van der Waals surface area (Å²) in [6.45, 7) is 11.3. The predicted octanol–water partition coefficient (Wildman–Crippen LogP) is 1.04. The van der Waals surface area contributed by atoms with Crippen molar-refractivity contribution in [3.63, 3.8) is 0 Å².